The summed E-state index contributed by atoms with van der Waals surface area (Å²) in [5.74, 6) is 0.610. The van der Waals surface area contributed by atoms with E-state index in [1.54, 1.807) is 0 Å². The van der Waals surface area contributed by atoms with E-state index in [9.17, 15) is 4.79 Å². The average Bonchev–Trinajstić information content (AvgIpc) is 2.47. The van der Waals surface area contributed by atoms with Crippen molar-refractivity contribution in [3.8, 4) is 0 Å². The Balaban J connectivity index is 0.00000200. The summed E-state index contributed by atoms with van der Waals surface area (Å²) in [4.78, 5) is 11.8. The highest BCUT2D eigenvalue weighted by Crippen LogP contribution is 2.11. The van der Waals surface area contributed by atoms with Crippen molar-refractivity contribution in [2.45, 2.75) is 25.8 Å². The van der Waals surface area contributed by atoms with Crippen LogP contribution in [-0.2, 0) is 0 Å². The number of carbonyl (C=O) groups is 1. The van der Waals surface area contributed by atoms with E-state index in [0.717, 1.165) is 38.0 Å². The van der Waals surface area contributed by atoms with Crippen molar-refractivity contribution in [3.63, 3.8) is 0 Å². The van der Waals surface area contributed by atoms with Crippen LogP contribution >= 0.6 is 12.4 Å². The number of amides is 2. The lowest BCUT2D eigenvalue weighted by Gasteiger charge is -2.23. The summed E-state index contributed by atoms with van der Waals surface area (Å²) in [5, 5.41) is 9.27. The molecule has 1 aliphatic heterocycles. The third kappa shape index (κ3) is 5.39. The second-order valence-electron chi connectivity index (χ2n) is 5.18. The van der Waals surface area contributed by atoms with Crippen molar-refractivity contribution < 1.29 is 4.79 Å². The molecule has 2 rings (SSSR count). The predicted octanol–water partition coefficient (Wildman–Crippen LogP) is 2.47. The summed E-state index contributed by atoms with van der Waals surface area (Å²) in [6, 6.07) is 9.97. The van der Waals surface area contributed by atoms with Crippen LogP contribution in [0.3, 0.4) is 0 Å². The Kier molecular flexibility index (Phi) is 7.41. The first kappa shape index (κ1) is 16.8. The van der Waals surface area contributed by atoms with Crippen LogP contribution in [0.2, 0.25) is 0 Å². The summed E-state index contributed by atoms with van der Waals surface area (Å²) < 4.78 is 0. The lowest BCUT2D eigenvalue weighted by Crippen LogP contribution is -2.41. The number of nitrogens with one attached hydrogen (secondary N) is 3. The highest BCUT2D eigenvalue weighted by molar-refractivity contribution is 5.85. The normalized spacial score (nSPS) is 16.9. The van der Waals surface area contributed by atoms with Crippen LogP contribution in [0, 0.1) is 5.92 Å². The van der Waals surface area contributed by atoms with E-state index in [0.29, 0.717) is 5.92 Å². The van der Waals surface area contributed by atoms with Crippen molar-refractivity contribution in [3.05, 3.63) is 35.9 Å². The van der Waals surface area contributed by atoms with Crippen molar-refractivity contribution in [1.29, 1.82) is 0 Å². The summed E-state index contributed by atoms with van der Waals surface area (Å²) in [7, 11) is 0. The van der Waals surface area contributed by atoms with Gasteiger partial charge in [0.05, 0.1) is 6.04 Å². The molecule has 2 amide bonds. The number of urea groups is 1. The van der Waals surface area contributed by atoms with Crippen LogP contribution < -0.4 is 16.0 Å². The minimum atomic E-state index is -0.0742. The van der Waals surface area contributed by atoms with E-state index >= 15 is 0 Å². The zero-order valence-corrected chi connectivity index (χ0v) is 12.7. The van der Waals surface area contributed by atoms with Gasteiger partial charge in [0.25, 0.3) is 0 Å². The Morgan fingerprint density at radius 3 is 2.60 bits per heavy atom. The second kappa shape index (κ2) is 8.82. The van der Waals surface area contributed by atoms with Gasteiger partial charge in [0.15, 0.2) is 0 Å². The minimum Gasteiger partial charge on any atom is -0.338 e. The molecule has 1 aliphatic rings. The van der Waals surface area contributed by atoms with Gasteiger partial charge in [0.2, 0.25) is 0 Å². The summed E-state index contributed by atoms with van der Waals surface area (Å²) in [6.45, 7) is 4.90. The Labute approximate surface area is 127 Å². The van der Waals surface area contributed by atoms with E-state index in [2.05, 4.69) is 16.0 Å². The SMILES string of the molecule is CC(NC(=O)NCC1CCNCC1)c1ccccc1.Cl. The molecule has 5 heteroatoms. The van der Waals surface area contributed by atoms with Crippen molar-refractivity contribution in [2.75, 3.05) is 19.6 Å². The predicted molar refractivity (Wildman–Crippen MR) is 84.2 cm³/mol. The number of hydrogen-bond donors (Lipinski definition) is 3. The highest BCUT2D eigenvalue weighted by atomic mass is 35.5. The average molecular weight is 298 g/mol. The fourth-order valence-corrected chi connectivity index (χ4v) is 2.40. The van der Waals surface area contributed by atoms with Crippen LogP contribution in [0.4, 0.5) is 4.79 Å². The number of halogens is 1. The molecule has 0 aromatic heterocycles. The van der Waals surface area contributed by atoms with E-state index < -0.39 is 0 Å². The number of benzene rings is 1. The van der Waals surface area contributed by atoms with Gasteiger partial charge in [-0.25, -0.2) is 4.79 Å². The van der Waals surface area contributed by atoms with Crippen LogP contribution in [0.1, 0.15) is 31.4 Å². The van der Waals surface area contributed by atoms with Crippen molar-refractivity contribution >= 4 is 18.4 Å². The zero-order valence-electron chi connectivity index (χ0n) is 11.9. The van der Waals surface area contributed by atoms with Gasteiger partial charge in [0.1, 0.15) is 0 Å². The molecular formula is C15H24ClN3O. The standard InChI is InChI=1S/C15H23N3O.ClH/c1-12(14-5-3-2-4-6-14)18-15(19)17-11-13-7-9-16-10-8-13;/h2-6,12-13,16H,7-11H2,1H3,(H2,17,18,19);1H. The molecule has 0 radical (unpaired) electrons. The monoisotopic (exact) mass is 297 g/mol. The molecule has 0 spiro atoms. The highest BCUT2D eigenvalue weighted by Gasteiger charge is 2.14. The molecule has 1 aromatic carbocycles. The lowest BCUT2D eigenvalue weighted by atomic mass is 9.98. The van der Waals surface area contributed by atoms with Crippen LogP contribution in [0.25, 0.3) is 0 Å². The molecule has 20 heavy (non-hydrogen) atoms. The Morgan fingerprint density at radius 1 is 1.30 bits per heavy atom. The fourth-order valence-electron chi connectivity index (χ4n) is 2.40. The van der Waals surface area contributed by atoms with E-state index in [4.69, 9.17) is 0 Å². The van der Waals surface area contributed by atoms with Gasteiger partial charge in [-0.15, -0.1) is 12.4 Å². The number of carbonyl (C=O) groups excluding carboxylic acids is 1. The molecule has 1 fully saturated rings. The second-order valence-corrected chi connectivity index (χ2v) is 5.18. The molecule has 1 saturated heterocycles. The van der Waals surface area contributed by atoms with Crippen LogP contribution in [0.15, 0.2) is 30.3 Å². The maximum absolute atomic E-state index is 11.8. The van der Waals surface area contributed by atoms with Gasteiger partial charge in [-0.2, -0.15) is 0 Å². The van der Waals surface area contributed by atoms with Crippen molar-refractivity contribution in [2.24, 2.45) is 5.92 Å². The van der Waals surface area contributed by atoms with E-state index in [1.807, 2.05) is 37.3 Å². The number of rotatable bonds is 4. The summed E-state index contributed by atoms with van der Waals surface area (Å²) >= 11 is 0. The molecule has 0 aliphatic carbocycles. The molecule has 1 aromatic rings. The van der Waals surface area contributed by atoms with E-state index in [-0.39, 0.29) is 24.5 Å². The topological polar surface area (TPSA) is 53.2 Å². The zero-order chi connectivity index (χ0) is 13.5. The van der Waals surface area contributed by atoms with Gasteiger partial charge in [-0.05, 0) is 44.3 Å². The molecule has 0 saturated carbocycles. The Bertz CT molecular complexity index is 393. The maximum atomic E-state index is 11.8. The van der Waals surface area contributed by atoms with Gasteiger partial charge in [-0.3, -0.25) is 0 Å². The molecule has 1 unspecified atom stereocenters. The van der Waals surface area contributed by atoms with Gasteiger partial charge in [0, 0.05) is 6.54 Å². The van der Waals surface area contributed by atoms with E-state index in [1.165, 1.54) is 0 Å². The minimum absolute atomic E-state index is 0. The largest absolute Gasteiger partial charge is 0.338 e. The summed E-state index contributed by atoms with van der Waals surface area (Å²) in [6.07, 6.45) is 2.29. The Morgan fingerprint density at radius 2 is 1.95 bits per heavy atom. The van der Waals surface area contributed by atoms with Gasteiger partial charge >= 0.3 is 6.03 Å². The maximum Gasteiger partial charge on any atom is 0.315 e. The van der Waals surface area contributed by atoms with Crippen LogP contribution in [-0.4, -0.2) is 25.7 Å². The third-order valence-corrected chi connectivity index (χ3v) is 3.66. The molecule has 0 bridgehead atoms. The molecule has 4 nitrogen and oxygen atoms in total. The number of piperidine rings is 1. The molecule has 1 atom stereocenters. The first-order chi connectivity index (χ1) is 9.25. The first-order valence-corrected chi connectivity index (χ1v) is 7.05. The van der Waals surface area contributed by atoms with Gasteiger partial charge in [-0.1, -0.05) is 30.3 Å². The van der Waals surface area contributed by atoms with Crippen LogP contribution in [0.5, 0.6) is 0 Å². The van der Waals surface area contributed by atoms with Gasteiger partial charge < -0.3 is 16.0 Å². The smallest absolute Gasteiger partial charge is 0.315 e. The quantitative estimate of drug-likeness (QED) is 0.800. The molecular weight excluding hydrogens is 274 g/mol. The molecule has 1 heterocycles. The summed E-state index contributed by atoms with van der Waals surface area (Å²) in [5.41, 5.74) is 1.12. The lowest BCUT2D eigenvalue weighted by molar-refractivity contribution is 0.234. The molecule has 3 N–H and O–H groups in total. The fraction of sp³-hybridized carbons (Fsp3) is 0.533. The van der Waals surface area contributed by atoms with Crippen molar-refractivity contribution in [1.82, 2.24) is 16.0 Å². The Hall–Kier alpha value is -1.26. The third-order valence-electron chi connectivity index (χ3n) is 3.66. The molecule has 112 valence electrons. The number of hydrogen-bond acceptors (Lipinski definition) is 2. The first-order valence-electron chi connectivity index (χ1n) is 7.05.